The fraction of sp³-hybridized carbons (Fsp3) is 0.235. The van der Waals surface area contributed by atoms with Crippen molar-refractivity contribution in [1.82, 2.24) is 20.1 Å². The van der Waals surface area contributed by atoms with E-state index in [-0.39, 0.29) is 11.7 Å². The third-order valence-electron chi connectivity index (χ3n) is 3.52. The van der Waals surface area contributed by atoms with Crippen LogP contribution in [-0.2, 0) is 17.8 Å². The Morgan fingerprint density at radius 3 is 2.96 bits per heavy atom. The maximum atomic E-state index is 12.0. The summed E-state index contributed by atoms with van der Waals surface area (Å²) in [6.07, 6.45) is 4.18. The summed E-state index contributed by atoms with van der Waals surface area (Å²) in [6.45, 7) is 2.50. The number of carbonyl (C=O) groups excluding carboxylic acids is 1. The van der Waals surface area contributed by atoms with Gasteiger partial charge in [0, 0.05) is 0 Å². The second kappa shape index (κ2) is 7.83. The Bertz CT molecular complexity index is 799. The zero-order valence-electron chi connectivity index (χ0n) is 13.3. The lowest BCUT2D eigenvalue weighted by Gasteiger charge is -2.10. The molecule has 24 heavy (non-hydrogen) atoms. The Hall–Kier alpha value is -2.54. The lowest BCUT2D eigenvalue weighted by atomic mass is 10.1. The van der Waals surface area contributed by atoms with Crippen LogP contribution in [0.2, 0.25) is 0 Å². The van der Waals surface area contributed by atoms with Gasteiger partial charge in [-0.1, -0.05) is 36.9 Å². The van der Waals surface area contributed by atoms with Gasteiger partial charge in [0.05, 0.1) is 24.2 Å². The predicted molar refractivity (Wildman–Crippen MR) is 92.0 cm³/mol. The van der Waals surface area contributed by atoms with E-state index in [4.69, 9.17) is 4.42 Å². The second-order valence-corrected chi connectivity index (χ2v) is 6.05. The van der Waals surface area contributed by atoms with E-state index < -0.39 is 0 Å². The maximum Gasteiger partial charge on any atom is 0.230 e. The summed E-state index contributed by atoms with van der Waals surface area (Å²) < 4.78 is 7.11. The number of aryl methyl sites for hydroxylation is 1. The lowest BCUT2D eigenvalue weighted by molar-refractivity contribution is -0.118. The van der Waals surface area contributed by atoms with Gasteiger partial charge in [-0.25, -0.2) is 0 Å². The average Bonchev–Trinajstić information content (AvgIpc) is 3.29. The summed E-state index contributed by atoms with van der Waals surface area (Å²) in [5.41, 5.74) is 2.25. The molecule has 0 bridgehead atoms. The highest BCUT2D eigenvalue weighted by Crippen LogP contribution is 2.22. The molecule has 0 aliphatic heterocycles. The van der Waals surface area contributed by atoms with Gasteiger partial charge >= 0.3 is 0 Å². The van der Waals surface area contributed by atoms with Crippen LogP contribution in [0.1, 0.15) is 18.2 Å². The molecule has 124 valence electrons. The minimum Gasteiger partial charge on any atom is -0.467 e. The van der Waals surface area contributed by atoms with Gasteiger partial charge in [0.2, 0.25) is 5.91 Å². The third-order valence-corrected chi connectivity index (χ3v) is 4.46. The van der Waals surface area contributed by atoms with Crippen LogP contribution in [0, 0.1) is 0 Å². The van der Waals surface area contributed by atoms with Crippen molar-refractivity contribution in [1.29, 1.82) is 0 Å². The van der Waals surface area contributed by atoms with Gasteiger partial charge in [-0.15, -0.1) is 10.2 Å². The molecule has 7 heteroatoms. The minimum atomic E-state index is -0.0743. The number of nitrogens with zero attached hydrogens (tertiary/aromatic N) is 3. The highest BCUT2D eigenvalue weighted by atomic mass is 32.2. The van der Waals surface area contributed by atoms with Gasteiger partial charge in [-0.3, -0.25) is 9.36 Å². The standard InChI is InChI=1S/C17H18N4O2S/c1-2-13-6-3-4-8-15(13)21-12-19-20-17(21)24-11-16(22)18-10-14-7-5-9-23-14/h3-9,12H,2,10-11H2,1H3,(H,18,22). The molecule has 0 saturated carbocycles. The molecular formula is C17H18N4O2S. The zero-order chi connectivity index (χ0) is 16.8. The second-order valence-electron chi connectivity index (χ2n) is 5.11. The number of hydrogen-bond donors (Lipinski definition) is 1. The van der Waals surface area contributed by atoms with Gasteiger partial charge in [0.1, 0.15) is 12.1 Å². The Morgan fingerprint density at radius 1 is 1.29 bits per heavy atom. The number of furan rings is 1. The molecule has 0 saturated heterocycles. The molecule has 0 atom stereocenters. The molecule has 0 radical (unpaired) electrons. The molecule has 2 aromatic heterocycles. The van der Waals surface area contributed by atoms with Crippen LogP contribution in [0.5, 0.6) is 0 Å². The Morgan fingerprint density at radius 2 is 2.17 bits per heavy atom. The van der Waals surface area contributed by atoms with Crippen LogP contribution < -0.4 is 5.32 Å². The number of rotatable bonds is 7. The van der Waals surface area contributed by atoms with E-state index in [1.165, 1.54) is 17.3 Å². The number of carbonyl (C=O) groups is 1. The number of benzene rings is 1. The van der Waals surface area contributed by atoms with Gasteiger partial charge in [-0.2, -0.15) is 0 Å². The first-order valence-electron chi connectivity index (χ1n) is 7.68. The molecule has 3 aromatic rings. The van der Waals surface area contributed by atoms with E-state index >= 15 is 0 Å². The highest BCUT2D eigenvalue weighted by molar-refractivity contribution is 7.99. The Labute approximate surface area is 144 Å². The molecule has 1 amide bonds. The number of hydrogen-bond acceptors (Lipinski definition) is 5. The lowest BCUT2D eigenvalue weighted by Crippen LogP contribution is -2.24. The Balaban J connectivity index is 1.62. The molecule has 1 N–H and O–H groups in total. The van der Waals surface area contributed by atoms with Crippen molar-refractivity contribution in [2.45, 2.75) is 25.0 Å². The summed E-state index contributed by atoms with van der Waals surface area (Å²) in [5.74, 6) is 0.927. The number of para-hydroxylation sites is 1. The van der Waals surface area contributed by atoms with Crippen LogP contribution in [0.3, 0.4) is 0 Å². The first kappa shape index (κ1) is 16.3. The van der Waals surface area contributed by atoms with Crippen molar-refractivity contribution < 1.29 is 9.21 Å². The fourth-order valence-corrected chi connectivity index (χ4v) is 3.06. The van der Waals surface area contributed by atoms with Crippen molar-refractivity contribution in [2.75, 3.05) is 5.75 Å². The van der Waals surface area contributed by atoms with Crippen LogP contribution in [0.25, 0.3) is 5.69 Å². The van der Waals surface area contributed by atoms with Gasteiger partial charge in [-0.05, 0) is 30.2 Å². The normalized spacial score (nSPS) is 10.7. The first-order chi connectivity index (χ1) is 11.8. The molecular weight excluding hydrogens is 324 g/mol. The van der Waals surface area contributed by atoms with Crippen LogP contribution in [-0.4, -0.2) is 26.4 Å². The molecule has 3 rings (SSSR count). The fourth-order valence-electron chi connectivity index (χ4n) is 2.31. The average molecular weight is 342 g/mol. The Kier molecular flexibility index (Phi) is 5.32. The highest BCUT2D eigenvalue weighted by Gasteiger charge is 2.12. The van der Waals surface area contributed by atoms with Crippen molar-refractivity contribution in [3.63, 3.8) is 0 Å². The summed E-state index contributed by atoms with van der Waals surface area (Å²) in [7, 11) is 0. The van der Waals surface area contributed by atoms with Crippen molar-refractivity contribution in [3.05, 3.63) is 60.3 Å². The largest absolute Gasteiger partial charge is 0.467 e. The van der Waals surface area contributed by atoms with Gasteiger partial charge in [0.25, 0.3) is 0 Å². The van der Waals surface area contributed by atoms with Crippen LogP contribution in [0.15, 0.2) is 58.6 Å². The monoisotopic (exact) mass is 342 g/mol. The van der Waals surface area contributed by atoms with Crippen molar-refractivity contribution in [2.24, 2.45) is 0 Å². The molecule has 1 aromatic carbocycles. The third kappa shape index (κ3) is 3.86. The van der Waals surface area contributed by atoms with Gasteiger partial charge < -0.3 is 9.73 Å². The minimum absolute atomic E-state index is 0.0743. The number of aromatic nitrogens is 3. The summed E-state index contributed by atoms with van der Waals surface area (Å²) in [4.78, 5) is 12.0. The van der Waals surface area contributed by atoms with E-state index in [1.807, 2.05) is 28.8 Å². The van der Waals surface area contributed by atoms with Gasteiger partial charge in [0.15, 0.2) is 5.16 Å². The van der Waals surface area contributed by atoms with E-state index in [2.05, 4.69) is 28.5 Å². The molecule has 0 aliphatic rings. The van der Waals surface area contributed by atoms with E-state index in [1.54, 1.807) is 18.7 Å². The quantitative estimate of drug-likeness (QED) is 0.669. The molecule has 0 fully saturated rings. The molecule has 0 spiro atoms. The number of thioether (sulfide) groups is 1. The number of nitrogens with one attached hydrogen (secondary N) is 1. The summed E-state index contributed by atoms with van der Waals surface area (Å²) in [5, 5.41) is 11.6. The molecule has 0 aliphatic carbocycles. The predicted octanol–water partition coefficient (Wildman–Crippen LogP) is 2.83. The summed E-state index contributed by atoms with van der Waals surface area (Å²) >= 11 is 1.36. The first-order valence-corrected chi connectivity index (χ1v) is 8.66. The van der Waals surface area contributed by atoms with E-state index in [0.717, 1.165) is 17.9 Å². The summed E-state index contributed by atoms with van der Waals surface area (Å²) in [6, 6.07) is 11.7. The smallest absolute Gasteiger partial charge is 0.230 e. The molecule has 6 nitrogen and oxygen atoms in total. The molecule has 2 heterocycles. The van der Waals surface area contributed by atoms with E-state index in [0.29, 0.717) is 11.7 Å². The van der Waals surface area contributed by atoms with Crippen LogP contribution >= 0.6 is 11.8 Å². The topological polar surface area (TPSA) is 73.0 Å². The number of amides is 1. The van der Waals surface area contributed by atoms with Crippen molar-refractivity contribution in [3.8, 4) is 5.69 Å². The maximum absolute atomic E-state index is 12.0. The van der Waals surface area contributed by atoms with E-state index in [9.17, 15) is 4.79 Å². The van der Waals surface area contributed by atoms with Crippen molar-refractivity contribution >= 4 is 17.7 Å². The molecule has 0 unspecified atom stereocenters. The zero-order valence-corrected chi connectivity index (χ0v) is 14.1. The SMILES string of the molecule is CCc1ccccc1-n1cnnc1SCC(=O)NCc1ccco1. The van der Waals surface area contributed by atoms with Crippen LogP contribution in [0.4, 0.5) is 0 Å².